The molecule has 4 nitrogen and oxygen atoms in total. The zero-order valence-corrected chi connectivity index (χ0v) is 9.62. The molecule has 0 spiro atoms. The molecule has 4 heteroatoms. The lowest BCUT2D eigenvalue weighted by atomic mass is 10.00. The number of rotatable bonds is 2. The van der Waals surface area contributed by atoms with Crippen molar-refractivity contribution in [3.8, 4) is 0 Å². The summed E-state index contributed by atoms with van der Waals surface area (Å²) in [6, 6.07) is 4.05. The lowest BCUT2D eigenvalue weighted by Gasteiger charge is -2.10. The van der Waals surface area contributed by atoms with Crippen molar-refractivity contribution in [3.05, 3.63) is 23.3 Å². The van der Waals surface area contributed by atoms with E-state index in [-0.39, 0.29) is 5.95 Å². The third kappa shape index (κ3) is 1.66. The number of hydrogen-bond acceptors (Lipinski definition) is 4. The first-order valence-corrected chi connectivity index (χ1v) is 5.44. The van der Waals surface area contributed by atoms with Gasteiger partial charge in [0.2, 0.25) is 5.95 Å². The summed E-state index contributed by atoms with van der Waals surface area (Å²) in [4.78, 5) is 8.19. The molecule has 0 radical (unpaired) electrons. The van der Waals surface area contributed by atoms with Crippen LogP contribution in [0.4, 0.5) is 11.8 Å². The second-order valence-corrected chi connectivity index (χ2v) is 3.96. The lowest BCUT2D eigenvalue weighted by molar-refractivity contribution is 0.915. The van der Waals surface area contributed by atoms with E-state index in [0.717, 1.165) is 29.3 Å². The molecule has 0 aliphatic carbocycles. The van der Waals surface area contributed by atoms with Crippen molar-refractivity contribution in [2.45, 2.75) is 26.7 Å². The van der Waals surface area contributed by atoms with E-state index in [1.807, 2.05) is 6.07 Å². The molecule has 0 saturated heterocycles. The molecule has 4 N–H and O–H groups in total. The largest absolute Gasteiger partial charge is 0.383 e. The lowest BCUT2D eigenvalue weighted by Crippen LogP contribution is -2.02. The van der Waals surface area contributed by atoms with Crippen LogP contribution in [0.1, 0.15) is 24.5 Å². The van der Waals surface area contributed by atoms with E-state index in [1.165, 1.54) is 5.56 Å². The average molecular weight is 216 g/mol. The Morgan fingerprint density at radius 2 is 1.94 bits per heavy atom. The maximum Gasteiger partial charge on any atom is 0.222 e. The van der Waals surface area contributed by atoms with Gasteiger partial charge in [0.25, 0.3) is 0 Å². The minimum Gasteiger partial charge on any atom is -0.383 e. The van der Waals surface area contributed by atoms with E-state index in [9.17, 15) is 0 Å². The van der Waals surface area contributed by atoms with Gasteiger partial charge in [0.15, 0.2) is 0 Å². The topological polar surface area (TPSA) is 77.8 Å². The Morgan fingerprint density at radius 1 is 1.19 bits per heavy atom. The highest BCUT2D eigenvalue weighted by Gasteiger charge is 2.09. The zero-order valence-electron chi connectivity index (χ0n) is 9.62. The number of fused-ring (bicyclic) bond motifs is 1. The molecular weight excluding hydrogens is 200 g/mol. The predicted molar refractivity (Wildman–Crippen MR) is 67.1 cm³/mol. The van der Waals surface area contributed by atoms with Crippen LogP contribution in [0.15, 0.2) is 12.1 Å². The fourth-order valence-corrected chi connectivity index (χ4v) is 2.02. The van der Waals surface area contributed by atoms with Crippen LogP contribution in [0.2, 0.25) is 0 Å². The zero-order chi connectivity index (χ0) is 11.7. The molecule has 0 aliphatic heterocycles. The molecule has 0 fully saturated rings. The monoisotopic (exact) mass is 216 g/mol. The maximum atomic E-state index is 5.89. The minimum atomic E-state index is 0.229. The molecule has 0 atom stereocenters. The Hall–Kier alpha value is -1.84. The normalized spacial score (nSPS) is 10.9. The summed E-state index contributed by atoms with van der Waals surface area (Å²) in [6.07, 6.45) is 2.16. The number of aryl methyl sites for hydroxylation is 2. The van der Waals surface area contributed by atoms with Gasteiger partial charge in [-0.3, -0.25) is 0 Å². The van der Waals surface area contributed by atoms with Crippen molar-refractivity contribution in [1.82, 2.24) is 9.97 Å². The maximum absolute atomic E-state index is 5.89. The molecule has 1 aromatic heterocycles. The molecule has 1 heterocycles. The highest BCUT2D eigenvalue weighted by atomic mass is 15.0. The number of aromatic nitrogens is 2. The van der Waals surface area contributed by atoms with Gasteiger partial charge in [0.05, 0.1) is 5.52 Å². The number of nitrogen functional groups attached to an aromatic ring is 2. The van der Waals surface area contributed by atoms with E-state index in [4.69, 9.17) is 11.5 Å². The van der Waals surface area contributed by atoms with Crippen LogP contribution in [0.25, 0.3) is 10.9 Å². The van der Waals surface area contributed by atoms with Crippen molar-refractivity contribution in [2.24, 2.45) is 0 Å². The summed E-state index contributed by atoms with van der Waals surface area (Å²) in [5.41, 5.74) is 14.7. The van der Waals surface area contributed by atoms with Crippen molar-refractivity contribution < 1.29 is 0 Å². The SMILES string of the molecule is CCCc1ccc2nc(N)nc(N)c2c1C. The summed E-state index contributed by atoms with van der Waals surface area (Å²) >= 11 is 0. The Kier molecular flexibility index (Phi) is 2.64. The van der Waals surface area contributed by atoms with E-state index in [0.29, 0.717) is 5.82 Å². The van der Waals surface area contributed by atoms with Crippen LogP contribution >= 0.6 is 0 Å². The number of nitrogens with two attached hydrogens (primary N) is 2. The van der Waals surface area contributed by atoms with E-state index in [2.05, 4.69) is 29.9 Å². The van der Waals surface area contributed by atoms with Crippen LogP contribution < -0.4 is 11.5 Å². The van der Waals surface area contributed by atoms with Gasteiger partial charge in [0.1, 0.15) is 5.82 Å². The standard InChI is InChI=1S/C12H16N4/c1-3-4-8-5-6-9-10(7(8)2)11(13)16-12(14)15-9/h5-6H,3-4H2,1-2H3,(H4,13,14,15,16). The molecule has 0 unspecified atom stereocenters. The molecule has 0 bridgehead atoms. The molecular formula is C12H16N4. The van der Waals surface area contributed by atoms with E-state index in [1.54, 1.807) is 0 Å². The van der Waals surface area contributed by atoms with Crippen LogP contribution in [0, 0.1) is 6.92 Å². The molecule has 1 aromatic carbocycles. The van der Waals surface area contributed by atoms with Crippen LogP contribution in [0.5, 0.6) is 0 Å². The quantitative estimate of drug-likeness (QED) is 0.805. The number of benzene rings is 1. The minimum absolute atomic E-state index is 0.229. The second-order valence-electron chi connectivity index (χ2n) is 3.96. The molecule has 16 heavy (non-hydrogen) atoms. The molecule has 0 saturated carbocycles. The first-order chi connectivity index (χ1) is 7.63. The summed E-state index contributed by atoms with van der Waals surface area (Å²) < 4.78 is 0. The fourth-order valence-electron chi connectivity index (χ4n) is 2.02. The van der Waals surface area contributed by atoms with E-state index >= 15 is 0 Å². The third-order valence-corrected chi connectivity index (χ3v) is 2.80. The van der Waals surface area contributed by atoms with Crippen LogP contribution in [-0.4, -0.2) is 9.97 Å². The highest BCUT2D eigenvalue weighted by Crippen LogP contribution is 2.26. The van der Waals surface area contributed by atoms with Gasteiger partial charge < -0.3 is 11.5 Å². The first-order valence-electron chi connectivity index (χ1n) is 5.44. The van der Waals surface area contributed by atoms with Gasteiger partial charge in [-0.2, -0.15) is 4.98 Å². The number of hydrogen-bond donors (Lipinski definition) is 2. The van der Waals surface area contributed by atoms with Crippen molar-refractivity contribution in [1.29, 1.82) is 0 Å². The van der Waals surface area contributed by atoms with E-state index < -0.39 is 0 Å². The van der Waals surface area contributed by atoms with Crippen molar-refractivity contribution in [2.75, 3.05) is 11.5 Å². The van der Waals surface area contributed by atoms with Gasteiger partial charge in [-0.1, -0.05) is 19.4 Å². The van der Waals surface area contributed by atoms with Gasteiger partial charge in [0, 0.05) is 5.39 Å². The summed E-state index contributed by atoms with van der Waals surface area (Å²) in [5.74, 6) is 0.700. The summed E-state index contributed by atoms with van der Waals surface area (Å²) in [5, 5.41) is 0.931. The Labute approximate surface area is 94.7 Å². The average Bonchev–Trinajstić information content (AvgIpc) is 2.21. The number of nitrogens with zero attached hydrogens (tertiary/aromatic N) is 2. The second kappa shape index (κ2) is 3.96. The fraction of sp³-hybridized carbons (Fsp3) is 0.333. The summed E-state index contributed by atoms with van der Waals surface area (Å²) in [6.45, 7) is 4.22. The Balaban J connectivity index is 2.73. The Bertz CT molecular complexity index is 534. The van der Waals surface area contributed by atoms with Gasteiger partial charge in [-0.15, -0.1) is 0 Å². The first kappa shape index (κ1) is 10.7. The van der Waals surface area contributed by atoms with Crippen LogP contribution in [-0.2, 0) is 6.42 Å². The molecule has 0 aliphatic rings. The third-order valence-electron chi connectivity index (χ3n) is 2.80. The van der Waals surface area contributed by atoms with Crippen molar-refractivity contribution in [3.63, 3.8) is 0 Å². The molecule has 0 amide bonds. The summed E-state index contributed by atoms with van der Waals surface area (Å²) in [7, 11) is 0. The smallest absolute Gasteiger partial charge is 0.222 e. The molecule has 2 rings (SSSR count). The highest BCUT2D eigenvalue weighted by molar-refractivity contribution is 5.92. The van der Waals surface area contributed by atoms with Gasteiger partial charge in [-0.05, 0) is 30.5 Å². The van der Waals surface area contributed by atoms with Gasteiger partial charge >= 0.3 is 0 Å². The van der Waals surface area contributed by atoms with Crippen molar-refractivity contribution >= 4 is 22.7 Å². The number of anilines is 2. The Morgan fingerprint density at radius 3 is 2.62 bits per heavy atom. The van der Waals surface area contributed by atoms with Gasteiger partial charge in [-0.25, -0.2) is 4.98 Å². The predicted octanol–water partition coefficient (Wildman–Crippen LogP) is 2.06. The molecule has 84 valence electrons. The molecule has 2 aromatic rings. The van der Waals surface area contributed by atoms with Crippen LogP contribution in [0.3, 0.4) is 0 Å².